The van der Waals surface area contributed by atoms with Gasteiger partial charge in [-0.3, -0.25) is 14.3 Å². The van der Waals surface area contributed by atoms with E-state index < -0.39 is 77.6 Å². The molecule has 0 atom stereocenters. The molecule has 5 aromatic rings. The highest BCUT2D eigenvalue weighted by Gasteiger charge is 2.34. The molecule has 17 heteroatoms. The van der Waals surface area contributed by atoms with Crippen LogP contribution < -0.4 is 15.0 Å². The number of nitrogens with zero attached hydrogens (tertiary/aromatic N) is 1. The van der Waals surface area contributed by atoms with Gasteiger partial charge in [0.15, 0.2) is 0 Å². The summed E-state index contributed by atoms with van der Waals surface area (Å²) in [6, 6.07) is 11.8. The highest BCUT2D eigenvalue weighted by molar-refractivity contribution is 7.92. The van der Waals surface area contributed by atoms with Crippen molar-refractivity contribution in [3.8, 4) is 11.1 Å². The minimum atomic E-state index is -4.86. The van der Waals surface area contributed by atoms with Crippen molar-refractivity contribution in [2.75, 3.05) is 11.0 Å². The lowest BCUT2D eigenvalue weighted by atomic mass is 10.0. The number of alkyl halides is 3. The van der Waals surface area contributed by atoms with Gasteiger partial charge in [0, 0.05) is 45.5 Å². The van der Waals surface area contributed by atoms with Crippen molar-refractivity contribution in [1.82, 2.24) is 14.3 Å². The molecular formula is C29H21F5N4O6S2. The van der Waals surface area contributed by atoms with E-state index in [0.717, 1.165) is 41.2 Å². The number of rotatable bonds is 8. The Labute approximate surface area is 257 Å². The van der Waals surface area contributed by atoms with Crippen LogP contribution in [-0.4, -0.2) is 38.5 Å². The number of carbonyl (C=O) groups is 1. The number of aromatic amines is 1. The van der Waals surface area contributed by atoms with Crippen LogP contribution in [0.15, 0.2) is 88.7 Å². The molecule has 0 aliphatic heterocycles. The second-order valence-electron chi connectivity index (χ2n) is 10.0. The lowest BCUT2D eigenvalue weighted by Gasteiger charge is -2.14. The molecule has 3 N–H and O–H groups in total. The minimum Gasteiger partial charge on any atom is -0.331 e. The van der Waals surface area contributed by atoms with Gasteiger partial charge in [0.2, 0.25) is 10.0 Å². The first kappa shape index (κ1) is 32.4. The zero-order valence-electron chi connectivity index (χ0n) is 23.3. The van der Waals surface area contributed by atoms with Crippen molar-refractivity contribution in [1.29, 1.82) is 0 Å². The van der Waals surface area contributed by atoms with Crippen molar-refractivity contribution in [3.05, 3.63) is 118 Å². The fraction of sp³-hybridized carbons (Fsp3) is 0.103. The van der Waals surface area contributed by atoms with Gasteiger partial charge in [-0.05, 0) is 54.6 Å². The highest BCUT2D eigenvalue weighted by Crippen LogP contribution is 2.39. The van der Waals surface area contributed by atoms with Crippen LogP contribution in [0.25, 0.3) is 22.0 Å². The molecule has 0 saturated carbocycles. The van der Waals surface area contributed by atoms with E-state index in [2.05, 4.69) is 9.71 Å². The number of halogens is 5. The minimum absolute atomic E-state index is 0.114. The second kappa shape index (κ2) is 11.7. The summed E-state index contributed by atoms with van der Waals surface area (Å²) in [5.74, 6) is -3.42. The van der Waals surface area contributed by atoms with Gasteiger partial charge in [-0.2, -0.15) is 13.2 Å². The molecule has 0 bridgehead atoms. The molecule has 5 rings (SSSR count). The number of H-pyrrole nitrogens is 1. The molecule has 1 amide bonds. The normalized spacial score (nSPS) is 12.3. The SMILES string of the molecule is CS(=O)(=O)Nc1cccc(S(=O)(=O)NC(=O)c2c(-c3ccc[nH]c3=O)c3cc(C(F)(F)F)ccc3n2Cc2ccc(F)cc2F)c1. The van der Waals surface area contributed by atoms with Gasteiger partial charge >= 0.3 is 6.18 Å². The largest absolute Gasteiger partial charge is 0.416 e. The molecule has 0 unspecified atom stereocenters. The Kier molecular flexibility index (Phi) is 8.25. The molecule has 0 radical (unpaired) electrons. The van der Waals surface area contributed by atoms with Gasteiger partial charge in [-0.25, -0.2) is 30.3 Å². The van der Waals surface area contributed by atoms with E-state index in [0.29, 0.717) is 18.2 Å². The summed E-state index contributed by atoms with van der Waals surface area (Å²) in [6.07, 6.45) is -2.81. The summed E-state index contributed by atoms with van der Waals surface area (Å²) in [4.78, 5) is 28.7. The molecule has 0 fully saturated rings. The monoisotopic (exact) mass is 680 g/mol. The number of hydrogen-bond donors (Lipinski definition) is 3. The van der Waals surface area contributed by atoms with Gasteiger partial charge < -0.3 is 9.55 Å². The third-order valence-electron chi connectivity index (χ3n) is 6.71. The van der Waals surface area contributed by atoms with Crippen LogP contribution in [0, 0.1) is 11.6 Å². The molecule has 0 saturated heterocycles. The van der Waals surface area contributed by atoms with Crippen LogP contribution in [0.1, 0.15) is 21.6 Å². The van der Waals surface area contributed by atoms with Gasteiger partial charge in [0.1, 0.15) is 17.3 Å². The van der Waals surface area contributed by atoms with E-state index in [1.165, 1.54) is 30.5 Å². The summed E-state index contributed by atoms with van der Waals surface area (Å²) in [5, 5.41) is -0.295. The average Bonchev–Trinajstić information content (AvgIpc) is 3.26. The number of carbonyl (C=O) groups excluding carboxylic acids is 1. The maximum Gasteiger partial charge on any atom is 0.416 e. The standard InChI is InChI=1S/C29H21F5N4O6S2/c1-45(41,42)36-19-4-2-5-20(14-19)46(43,44)37-28(40)26-25(21-6-3-11-35-27(21)39)22-12-17(29(32,33)34)8-10-24(22)38(26)15-16-7-9-18(30)13-23(16)31/h2-14,36H,15H2,1H3,(H,35,39)(H,37,40). The van der Waals surface area contributed by atoms with E-state index in [1.54, 1.807) is 0 Å². The van der Waals surface area contributed by atoms with Gasteiger partial charge in [0.05, 0.1) is 23.3 Å². The fourth-order valence-electron chi connectivity index (χ4n) is 4.81. The Bertz CT molecular complexity index is 2300. The summed E-state index contributed by atoms with van der Waals surface area (Å²) in [5.41, 5.74) is -3.84. The number of amides is 1. The Morgan fingerprint density at radius 2 is 1.67 bits per heavy atom. The van der Waals surface area contributed by atoms with Crippen molar-refractivity contribution < 1.29 is 43.6 Å². The van der Waals surface area contributed by atoms with Crippen LogP contribution in [-0.2, 0) is 32.8 Å². The van der Waals surface area contributed by atoms with Crippen LogP contribution >= 0.6 is 0 Å². The quantitative estimate of drug-likeness (QED) is 0.200. The van der Waals surface area contributed by atoms with Crippen molar-refractivity contribution in [2.45, 2.75) is 17.6 Å². The topological polar surface area (TPSA) is 147 Å². The maximum absolute atomic E-state index is 14.8. The number of hydrogen-bond acceptors (Lipinski definition) is 6. The highest BCUT2D eigenvalue weighted by atomic mass is 32.2. The lowest BCUT2D eigenvalue weighted by Crippen LogP contribution is -2.33. The Morgan fingerprint density at radius 1 is 0.935 bits per heavy atom. The molecule has 240 valence electrons. The molecule has 2 heterocycles. The fourth-order valence-corrected chi connectivity index (χ4v) is 6.37. The van der Waals surface area contributed by atoms with E-state index in [4.69, 9.17) is 0 Å². The molecule has 0 aliphatic rings. The van der Waals surface area contributed by atoms with Crippen LogP contribution in [0.2, 0.25) is 0 Å². The molecule has 0 spiro atoms. The zero-order chi connectivity index (χ0) is 33.6. The number of anilines is 1. The molecule has 46 heavy (non-hydrogen) atoms. The third-order valence-corrected chi connectivity index (χ3v) is 8.65. The second-order valence-corrected chi connectivity index (χ2v) is 13.5. The predicted octanol–water partition coefficient (Wildman–Crippen LogP) is 4.83. The molecule has 2 aromatic heterocycles. The van der Waals surface area contributed by atoms with Gasteiger partial charge in [-0.1, -0.05) is 12.1 Å². The van der Waals surface area contributed by atoms with E-state index in [9.17, 15) is 48.4 Å². The predicted molar refractivity (Wildman–Crippen MR) is 158 cm³/mol. The van der Waals surface area contributed by atoms with Crippen LogP contribution in [0.3, 0.4) is 0 Å². The van der Waals surface area contributed by atoms with Crippen molar-refractivity contribution in [3.63, 3.8) is 0 Å². The van der Waals surface area contributed by atoms with Gasteiger partial charge in [0.25, 0.3) is 21.5 Å². The van der Waals surface area contributed by atoms with Crippen LogP contribution in [0.4, 0.5) is 27.6 Å². The number of sulfonamides is 2. The molecular weight excluding hydrogens is 659 g/mol. The summed E-state index contributed by atoms with van der Waals surface area (Å²) in [6.45, 7) is -0.602. The first-order chi connectivity index (χ1) is 21.4. The number of fused-ring (bicyclic) bond motifs is 1. The molecule has 10 nitrogen and oxygen atoms in total. The molecule has 0 aliphatic carbocycles. The number of nitrogens with one attached hydrogen (secondary N) is 3. The Balaban J connectivity index is 1.76. The zero-order valence-corrected chi connectivity index (χ0v) is 24.9. The van der Waals surface area contributed by atoms with Crippen molar-refractivity contribution in [2.24, 2.45) is 0 Å². The van der Waals surface area contributed by atoms with Crippen LogP contribution in [0.5, 0.6) is 0 Å². The maximum atomic E-state index is 14.8. The third kappa shape index (κ3) is 6.64. The van der Waals surface area contributed by atoms with Crippen molar-refractivity contribution >= 4 is 42.5 Å². The van der Waals surface area contributed by atoms with E-state index in [1.807, 2.05) is 4.72 Å². The number of benzene rings is 3. The molecule has 3 aromatic carbocycles. The summed E-state index contributed by atoms with van der Waals surface area (Å²) in [7, 11) is -8.62. The number of aromatic nitrogens is 2. The lowest BCUT2D eigenvalue weighted by molar-refractivity contribution is -0.137. The number of pyridine rings is 1. The summed E-state index contributed by atoms with van der Waals surface area (Å²) < 4.78 is 125. The van der Waals surface area contributed by atoms with Gasteiger partial charge in [-0.15, -0.1) is 0 Å². The van der Waals surface area contributed by atoms with E-state index >= 15 is 0 Å². The smallest absolute Gasteiger partial charge is 0.331 e. The first-order valence-electron chi connectivity index (χ1n) is 12.9. The Hall–Kier alpha value is -5.03. The first-order valence-corrected chi connectivity index (χ1v) is 16.3. The Morgan fingerprint density at radius 3 is 2.33 bits per heavy atom. The summed E-state index contributed by atoms with van der Waals surface area (Å²) >= 11 is 0. The average molecular weight is 681 g/mol. The van der Waals surface area contributed by atoms with E-state index in [-0.39, 0.29) is 27.7 Å².